The molecule has 4 N–H and O–H groups in total. The highest BCUT2D eigenvalue weighted by Gasteiger charge is 2.42. The number of piperidine rings is 1. The minimum Gasteiger partial charge on any atom is -0.465 e. The Morgan fingerprint density at radius 1 is 0.739 bits per heavy atom. The van der Waals surface area contributed by atoms with Gasteiger partial charge < -0.3 is 44.7 Å². The third-order valence-electron chi connectivity index (χ3n) is 15.0. The number of imidazole rings is 2. The summed E-state index contributed by atoms with van der Waals surface area (Å²) < 4.78 is 4.84. The van der Waals surface area contributed by atoms with Crippen LogP contribution in [-0.2, 0) is 14.3 Å². The molecule has 0 spiro atoms. The zero-order chi connectivity index (χ0) is 48.7. The number of amides is 4. The molecular formula is C52H65N11O6. The minimum atomic E-state index is -1.14. The van der Waals surface area contributed by atoms with E-state index in [1.807, 2.05) is 32.6 Å². The van der Waals surface area contributed by atoms with E-state index in [0.29, 0.717) is 30.3 Å². The van der Waals surface area contributed by atoms with Gasteiger partial charge in [-0.15, -0.1) is 0 Å². The lowest BCUT2D eigenvalue weighted by Gasteiger charge is -2.35. The van der Waals surface area contributed by atoms with Crippen LogP contribution in [0.2, 0.25) is 0 Å². The van der Waals surface area contributed by atoms with Crippen molar-refractivity contribution in [1.82, 2.24) is 40.0 Å². The molecule has 6 atom stereocenters. The Hall–Kier alpha value is -6.83. The van der Waals surface area contributed by atoms with Crippen LogP contribution in [0.25, 0.3) is 22.1 Å². The molecule has 6 heterocycles. The van der Waals surface area contributed by atoms with E-state index in [-0.39, 0.29) is 47.8 Å². The van der Waals surface area contributed by atoms with Crippen molar-refractivity contribution in [3.05, 3.63) is 82.9 Å². The van der Waals surface area contributed by atoms with E-state index in [0.717, 1.165) is 114 Å². The van der Waals surface area contributed by atoms with E-state index in [4.69, 9.17) is 14.7 Å². The maximum absolute atomic E-state index is 14.0. The Morgan fingerprint density at radius 2 is 1.30 bits per heavy atom. The summed E-state index contributed by atoms with van der Waals surface area (Å²) in [4.78, 5) is 78.9. The number of hydrogen-bond donors (Lipinski definition) is 4. The van der Waals surface area contributed by atoms with E-state index in [2.05, 4.69) is 85.8 Å². The van der Waals surface area contributed by atoms with Gasteiger partial charge >= 0.3 is 12.2 Å². The first-order chi connectivity index (χ1) is 33.3. The van der Waals surface area contributed by atoms with Crippen molar-refractivity contribution >= 4 is 57.4 Å². The Kier molecular flexibility index (Phi) is 13.5. The smallest absolute Gasteiger partial charge is 0.407 e. The molecule has 4 aliphatic rings. The van der Waals surface area contributed by atoms with Crippen molar-refractivity contribution in [2.75, 3.05) is 50.1 Å². The average molecular weight is 940 g/mol. The summed E-state index contributed by atoms with van der Waals surface area (Å²) in [5.41, 5.74) is 8.07. The third kappa shape index (κ3) is 9.13. The molecule has 17 heteroatoms. The molecule has 3 aromatic carbocycles. The highest BCUT2D eigenvalue weighted by Crippen LogP contribution is 2.49. The number of aromatic nitrogens is 4. The molecule has 9 rings (SSSR count). The van der Waals surface area contributed by atoms with Crippen LogP contribution < -0.4 is 15.1 Å². The first-order valence-corrected chi connectivity index (χ1v) is 24.7. The summed E-state index contributed by atoms with van der Waals surface area (Å²) in [6.45, 7) is 10.5. The lowest BCUT2D eigenvalue weighted by molar-refractivity contribution is -0.138. The van der Waals surface area contributed by atoms with Crippen LogP contribution >= 0.6 is 0 Å². The largest absolute Gasteiger partial charge is 0.465 e. The van der Waals surface area contributed by atoms with Crippen LogP contribution in [0.4, 0.5) is 21.0 Å². The second-order valence-electron chi connectivity index (χ2n) is 20.0. The zero-order valence-corrected chi connectivity index (χ0v) is 40.6. The predicted octanol–water partition coefficient (Wildman–Crippen LogP) is 8.73. The number of nitrogens with one attached hydrogen (secondary N) is 3. The van der Waals surface area contributed by atoms with Crippen molar-refractivity contribution in [3.63, 3.8) is 0 Å². The fraction of sp³-hybridized carbons (Fsp3) is 0.519. The molecular weight excluding hydrogens is 875 g/mol. The summed E-state index contributed by atoms with van der Waals surface area (Å²) >= 11 is 0. The second-order valence-corrected chi connectivity index (χ2v) is 20.0. The number of methoxy groups -OCH3 is 1. The SMILES string of the molecule is COC(=O)N[C@H](C(=O)N1CCC[C@H]1c1nc2cc([C@H]3CC[C@H](c4ccc5[nH]c([C@@H]6CCCN6C(=O)[C@H](C(C)C)N(C)C(=O)O)nc5c4)N3c3ccc(N4CCCCC4)c(C#N)c3)ccc2[nH]1)C(C)C. The molecule has 4 saturated heterocycles. The van der Waals surface area contributed by atoms with E-state index < -0.39 is 24.3 Å². The number of nitriles is 1. The number of rotatable bonds is 12. The van der Waals surface area contributed by atoms with Crippen LogP contribution in [-0.4, -0.2) is 116 Å². The highest BCUT2D eigenvalue weighted by molar-refractivity contribution is 5.87. The number of anilines is 2. The summed E-state index contributed by atoms with van der Waals surface area (Å²) in [5, 5.41) is 23.1. The summed E-state index contributed by atoms with van der Waals surface area (Å²) in [5.74, 6) is 0.690. The van der Waals surface area contributed by atoms with Crippen molar-refractivity contribution in [1.29, 1.82) is 5.26 Å². The molecule has 0 unspecified atom stereocenters. The van der Waals surface area contributed by atoms with Gasteiger partial charge in [0.15, 0.2) is 0 Å². The Balaban J connectivity index is 1.04. The number of likely N-dealkylation sites (tertiary alicyclic amines) is 2. The maximum Gasteiger partial charge on any atom is 0.407 e. The number of fused-ring (bicyclic) bond motifs is 2. The van der Waals surface area contributed by atoms with Crippen molar-refractivity contribution in [2.24, 2.45) is 11.8 Å². The number of carbonyl (C=O) groups is 4. The first kappa shape index (κ1) is 47.2. The summed E-state index contributed by atoms with van der Waals surface area (Å²) in [6, 6.07) is 19.4. The minimum absolute atomic E-state index is 0.0611. The maximum atomic E-state index is 14.0. The van der Waals surface area contributed by atoms with Gasteiger partial charge in [-0.2, -0.15) is 5.26 Å². The average Bonchev–Trinajstić information content (AvgIpc) is 4.21. The molecule has 4 amide bonds. The van der Waals surface area contributed by atoms with E-state index in [9.17, 15) is 29.5 Å². The van der Waals surface area contributed by atoms with Gasteiger partial charge in [0.05, 0.1) is 64.6 Å². The van der Waals surface area contributed by atoms with Gasteiger partial charge in [0, 0.05) is 38.9 Å². The molecule has 0 saturated carbocycles. The Bertz CT molecular complexity index is 2770. The molecule has 2 aromatic heterocycles. The number of ether oxygens (including phenoxy) is 1. The summed E-state index contributed by atoms with van der Waals surface area (Å²) in [6.07, 6.45) is 6.38. The number of carbonyl (C=O) groups excluding carboxylic acids is 3. The molecule has 0 bridgehead atoms. The van der Waals surface area contributed by atoms with Gasteiger partial charge in [-0.3, -0.25) is 14.5 Å². The first-order valence-electron chi connectivity index (χ1n) is 24.7. The molecule has 364 valence electrons. The molecule has 69 heavy (non-hydrogen) atoms. The number of likely N-dealkylation sites (N-methyl/N-ethyl adjacent to an activating group) is 1. The lowest BCUT2D eigenvalue weighted by Crippen LogP contribution is -2.51. The van der Waals surface area contributed by atoms with Gasteiger partial charge in [0.1, 0.15) is 29.8 Å². The van der Waals surface area contributed by atoms with Gasteiger partial charge in [0.25, 0.3) is 0 Å². The van der Waals surface area contributed by atoms with Crippen molar-refractivity contribution < 1.29 is 29.0 Å². The van der Waals surface area contributed by atoms with Gasteiger partial charge in [0.2, 0.25) is 11.8 Å². The zero-order valence-electron chi connectivity index (χ0n) is 40.6. The predicted molar refractivity (Wildman–Crippen MR) is 263 cm³/mol. The number of aromatic amines is 2. The number of nitrogens with zero attached hydrogens (tertiary/aromatic N) is 8. The van der Waals surface area contributed by atoms with Gasteiger partial charge in [-0.1, -0.05) is 39.8 Å². The molecule has 4 fully saturated rings. The molecule has 0 radical (unpaired) electrons. The van der Waals surface area contributed by atoms with Crippen LogP contribution in [0.3, 0.4) is 0 Å². The van der Waals surface area contributed by atoms with E-state index in [1.165, 1.54) is 20.6 Å². The number of hydrogen-bond acceptors (Lipinski definition) is 10. The van der Waals surface area contributed by atoms with Crippen LogP contribution in [0, 0.1) is 23.2 Å². The number of alkyl carbamates (subject to hydrolysis) is 1. The van der Waals surface area contributed by atoms with Crippen LogP contribution in [0.5, 0.6) is 0 Å². The number of carboxylic acid groups (broad SMARTS) is 1. The topological polar surface area (TPSA) is 207 Å². The quantitative estimate of drug-likeness (QED) is 0.0930. The number of H-pyrrole nitrogens is 2. The Morgan fingerprint density at radius 3 is 1.81 bits per heavy atom. The van der Waals surface area contributed by atoms with Crippen LogP contribution in [0.1, 0.15) is 138 Å². The molecule has 5 aromatic rings. The van der Waals surface area contributed by atoms with E-state index >= 15 is 0 Å². The fourth-order valence-electron chi connectivity index (χ4n) is 11.5. The standard InChI is InChI=1S/C52H65N11O6/c1-30(2)45(58-51(66)69-6)49(64)61-24-10-12-43(61)47-54-36-17-14-32(27-38(36)56-47)41-20-21-42(63(41)35-16-19-40(34(26-35)29-53)60-22-8-7-9-23-60)33-15-18-37-39(28-33)57-48(55-37)44-13-11-25-62(44)50(65)46(31(3)4)59(5)52(67)68/h14-19,26-28,30-31,41-46H,7-13,20-25H2,1-6H3,(H,54,56)(H,55,57)(H,58,66)(H,67,68)/t41-,42-,43+,44+,45+,46+/m1/s1. The van der Waals surface area contributed by atoms with Crippen molar-refractivity contribution in [2.45, 2.75) is 122 Å². The highest BCUT2D eigenvalue weighted by atomic mass is 16.5. The van der Waals surface area contributed by atoms with Crippen LogP contribution in [0.15, 0.2) is 54.6 Å². The summed E-state index contributed by atoms with van der Waals surface area (Å²) in [7, 11) is 2.75. The normalized spacial score (nSPS) is 21.6. The van der Waals surface area contributed by atoms with Gasteiger partial charge in [-0.25, -0.2) is 19.6 Å². The lowest BCUT2D eigenvalue weighted by atomic mass is 10.0. The molecule has 0 aliphatic carbocycles. The second kappa shape index (κ2) is 19.6. The Labute approximate surface area is 403 Å². The van der Waals surface area contributed by atoms with Crippen molar-refractivity contribution in [3.8, 4) is 6.07 Å². The fourth-order valence-corrected chi connectivity index (χ4v) is 11.5. The number of benzene rings is 3. The molecule has 4 aliphatic heterocycles. The van der Waals surface area contributed by atoms with Gasteiger partial charge in [-0.05, 0) is 123 Å². The van der Waals surface area contributed by atoms with E-state index in [1.54, 1.807) is 4.90 Å². The third-order valence-corrected chi connectivity index (χ3v) is 15.0. The monoisotopic (exact) mass is 940 g/mol. The molecule has 17 nitrogen and oxygen atoms in total.